The number of aliphatic hydroxyl groups is 6. The Morgan fingerprint density at radius 2 is 1.15 bits per heavy atom. The third-order valence-corrected chi connectivity index (χ3v) is 20.4. The number of hydrogen-bond acceptors (Lipinski definition) is 23. The van der Waals surface area contributed by atoms with Gasteiger partial charge in [0.05, 0.1) is 80.7 Å². The predicted molar refractivity (Wildman–Crippen MR) is 265 cm³/mol. The fraction of sp³-hybridized carbons (Fsp3) is 0.964. The van der Waals surface area contributed by atoms with Crippen LogP contribution in [0.5, 0.6) is 0 Å². The lowest BCUT2D eigenvalue weighted by Crippen LogP contribution is -2.65. The van der Waals surface area contributed by atoms with Gasteiger partial charge in [-0.2, -0.15) is 0 Å². The molecule has 11 aliphatic rings. The molecule has 3 aliphatic carbocycles. The highest BCUT2D eigenvalue weighted by molar-refractivity contribution is 5.31. The number of allylic oxidation sites excluding steroid dienone is 1. The van der Waals surface area contributed by atoms with Crippen LogP contribution in [-0.4, -0.2) is 238 Å². The van der Waals surface area contributed by atoms with Gasteiger partial charge in [0, 0.05) is 64.4 Å². The highest BCUT2D eigenvalue weighted by Crippen LogP contribution is 2.76. The molecule has 2 saturated carbocycles. The van der Waals surface area contributed by atoms with E-state index in [1.54, 1.807) is 28.3 Å². The van der Waals surface area contributed by atoms with Gasteiger partial charge in [-0.05, 0) is 79.1 Å². The molecule has 8 aliphatic heterocycles. The van der Waals surface area contributed by atoms with E-state index in [1.165, 1.54) is 12.7 Å². The van der Waals surface area contributed by atoms with Gasteiger partial charge in [0.25, 0.3) is 0 Å². The second-order valence-corrected chi connectivity index (χ2v) is 24.5. The van der Waals surface area contributed by atoms with Crippen molar-refractivity contribution in [3.05, 3.63) is 11.6 Å². The molecule has 31 atom stereocenters. The molecule has 8 heterocycles. The second kappa shape index (κ2) is 22.7. The maximum atomic E-state index is 11.5. The Kier molecular flexibility index (Phi) is 17.0. The molecule has 446 valence electrons. The van der Waals surface area contributed by atoms with E-state index in [9.17, 15) is 30.6 Å². The van der Waals surface area contributed by atoms with Crippen LogP contribution < -0.4 is 0 Å². The first-order valence-electron chi connectivity index (χ1n) is 28.6. The number of methoxy groups -OCH3 is 4. The molecule has 8 saturated heterocycles. The van der Waals surface area contributed by atoms with Gasteiger partial charge in [-0.25, -0.2) is 0 Å². The molecular formula is C55H88O23. The maximum absolute atomic E-state index is 11.5. The Balaban J connectivity index is 0.663. The van der Waals surface area contributed by atoms with Crippen molar-refractivity contribution in [3.63, 3.8) is 0 Å². The molecular weight excluding hydrogens is 1030 g/mol. The Hall–Kier alpha value is -1.18. The van der Waals surface area contributed by atoms with E-state index in [0.717, 1.165) is 38.5 Å². The van der Waals surface area contributed by atoms with Crippen molar-refractivity contribution < 1.29 is 111 Å². The molecule has 23 heteroatoms. The average molecular weight is 1120 g/mol. The fourth-order valence-corrected chi connectivity index (χ4v) is 16.5. The van der Waals surface area contributed by atoms with Crippen molar-refractivity contribution in [1.29, 1.82) is 0 Å². The minimum atomic E-state index is -1.67. The molecule has 23 nitrogen and oxygen atoms in total. The lowest BCUT2D eigenvalue weighted by atomic mass is 9.47. The Labute approximate surface area is 456 Å². The predicted octanol–water partition coefficient (Wildman–Crippen LogP) is 1.30. The minimum absolute atomic E-state index is 0.0508. The van der Waals surface area contributed by atoms with Crippen molar-refractivity contribution in [2.75, 3.05) is 48.3 Å². The van der Waals surface area contributed by atoms with Crippen molar-refractivity contribution in [3.8, 4) is 0 Å². The summed E-state index contributed by atoms with van der Waals surface area (Å²) in [5.41, 5.74) is 0.803. The van der Waals surface area contributed by atoms with Crippen LogP contribution in [0.25, 0.3) is 0 Å². The highest BCUT2D eigenvalue weighted by atomic mass is 16.8. The fourth-order valence-electron chi connectivity index (χ4n) is 16.5. The summed E-state index contributed by atoms with van der Waals surface area (Å²) >= 11 is 0. The normalized spacial score (nSPS) is 55.7. The quantitative estimate of drug-likeness (QED) is 0.119. The number of aliphatic hydroxyl groups excluding tert-OH is 6. The summed E-state index contributed by atoms with van der Waals surface area (Å²) in [5.74, 6) is -0.739. The molecule has 11 rings (SSSR count). The summed E-state index contributed by atoms with van der Waals surface area (Å²) in [5, 5.41) is 63.7. The van der Waals surface area contributed by atoms with Gasteiger partial charge in [0.15, 0.2) is 43.0 Å². The molecule has 10 fully saturated rings. The summed E-state index contributed by atoms with van der Waals surface area (Å²) in [6.07, 6.45) is -11.1. The van der Waals surface area contributed by atoms with Crippen molar-refractivity contribution in [2.24, 2.45) is 28.6 Å². The van der Waals surface area contributed by atoms with Crippen LogP contribution in [0.1, 0.15) is 99.3 Å². The molecule has 2 bridgehead atoms. The molecule has 31 unspecified atom stereocenters. The van der Waals surface area contributed by atoms with E-state index in [0.29, 0.717) is 19.4 Å². The van der Waals surface area contributed by atoms with E-state index in [1.807, 2.05) is 20.8 Å². The van der Waals surface area contributed by atoms with E-state index in [-0.39, 0.29) is 59.9 Å². The first-order valence-corrected chi connectivity index (χ1v) is 28.6. The molecule has 0 aromatic rings. The molecule has 0 radical (unpaired) electrons. The summed E-state index contributed by atoms with van der Waals surface area (Å²) in [7, 11) is 6.23. The zero-order valence-electron chi connectivity index (χ0n) is 46.8. The number of rotatable bonds is 16. The SMILES string of the molecule is COC1CC(OC2CCC3(CO)C(=CCC4C3CCC3(C)C5C6COC5(C)OC43O6)C2)OC(C)C1OC1CC(OC)C(OC2CC(OC)C(OC3OC(C)C(OC4OC(CO)C(O)C(O)C4O)C(OC)C3O)C(C)O2)C(C)O1. The van der Waals surface area contributed by atoms with Gasteiger partial charge >= 0.3 is 0 Å². The van der Waals surface area contributed by atoms with E-state index >= 15 is 0 Å². The Bertz CT molecular complexity index is 2090. The van der Waals surface area contributed by atoms with Gasteiger partial charge in [-0.1, -0.05) is 18.6 Å². The third-order valence-electron chi connectivity index (χ3n) is 20.4. The van der Waals surface area contributed by atoms with E-state index in [4.69, 9.17) is 80.5 Å². The Morgan fingerprint density at radius 3 is 1.72 bits per heavy atom. The smallest absolute Gasteiger partial charge is 0.187 e. The first kappa shape index (κ1) is 58.6. The van der Waals surface area contributed by atoms with Crippen LogP contribution >= 0.6 is 0 Å². The monoisotopic (exact) mass is 1120 g/mol. The van der Waals surface area contributed by atoms with Crippen LogP contribution in [0, 0.1) is 28.6 Å². The molecule has 0 amide bonds. The third kappa shape index (κ3) is 9.72. The van der Waals surface area contributed by atoms with Gasteiger partial charge in [0.2, 0.25) is 0 Å². The lowest BCUT2D eigenvalue weighted by molar-refractivity contribution is -0.374. The molecule has 0 aromatic carbocycles. The molecule has 0 spiro atoms. The molecule has 0 aromatic heterocycles. The van der Waals surface area contributed by atoms with Crippen molar-refractivity contribution in [2.45, 2.75) is 258 Å². The van der Waals surface area contributed by atoms with Crippen LogP contribution in [0.3, 0.4) is 0 Å². The molecule has 78 heavy (non-hydrogen) atoms. The number of ether oxygens (including phenoxy) is 17. The summed E-state index contributed by atoms with van der Waals surface area (Å²) < 4.78 is 107. The first-order chi connectivity index (χ1) is 37.3. The number of hydrogen-bond donors (Lipinski definition) is 6. The van der Waals surface area contributed by atoms with Crippen molar-refractivity contribution >= 4 is 0 Å². The zero-order valence-corrected chi connectivity index (χ0v) is 46.8. The summed E-state index contributed by atoms with van der Waals surface area (Å²) in [4.78, 5) is 0. The largest absolute Gasteiger partial charge is 0.395 e. The standard InChI is InChI=1S/C55H88O23/c1-24-44(32(62-7)18-37(67-24)71-29-13-16-54(23-57)28(17-29)11-12-31-30(54)14-15-52(5)49-36-22-66-53(49,6)78-55(31,52)77-36)73-38-19-33(63-8)45(25(2)68-38)74-39-20-34(64-9)46(26(3)69-39)75-51-43(61)48(65-10)47(27(4)70-51)76-50-42(60)41(59)40(58)35(21-56)72-50/h11,24-27,29-51,56-61H,12-23H2,1-10H3. The highest BCUT2D eigenvalue weighted by Gasteiger charge is 2.83. The van der Waals surface area contributed by atoms with Gasteiger partial charge in [-0.15, -0.1) is 0 Å². The second-order valence-electron chi connectivity index (χ2n) is 24.5. The van der Waals surface area contributed by atoms with Crippen LogP contribution in [0.2, 0.25) is 0 Å². The lowest BCUT2D eigenvalue weighted by Gasteiger charge is -2.59. The van der Waals surface area contributed by atoms with Crippen LogP contribution in [0.15, 0.2) is 11.6 Å². The Morgan fingerprint density at radius 1 is 0.590 bits per heavy atom. The summed E-state index contributed by atoms with van der Waals surface area (Å²) in [6.45, 7) is 11.8. The number of fused-ring (bicyclic) bond motifs is 3. The van der Waals surface area contributed by atoms with Crippen LogP contribution in [-0.2, 0) is 80.5 Å². The topological polar surface area (TPSA) is 278 Å². The zero-order chi connectivity index (χ0) is 55.4. The van der Waals surface area contributed by atoms with Gasteiger partial charge in [0.1, 0.15) is 61.0 Å². The van der Waals surface area contributed by atoms with E-state index in [2.05, 4.69) is 19.9 Å². The van der Waals surface area contributed by atoms with Gasteiger partial charge < -0.3 is 111 Å². The average Bonchev–Trinajstić information content (AvgIpc) is 2.09. The maximum Gasteiger partial charge on any atom is 0.187 e. The molecule has 6 N–H and O–H groups in total. The van der Waals surface area contributed by atoms with Crippen LogP contribution in [0.4, 0.5) is 0 Å². The van der Waals surface area contributed by atoms with Gasteiger partial charge in [-0.3, -0.25) is 0 Å². The van der Waals surface area contributed by atoms with Crippen molar-refractivity contribution in [1.82, 2.24) is 0 Å². The van der Waals surface area contributed by atoms with E-state index < -0.39 is 147 Å². The minimum Gasteiger partial charge on any atom is -0.395 e. The summed E-state index contributed by atoms with van der Waals surface area (Å²) in [6, 6.07) is 0.